The molecule has 1 aliphatic rings. The van der Waals surface area contributed by atoms with Crippen LogP contribution in [0, 0.1) is 11.3 Å². The third-order valence-corrected chi connectivity index (χ3v) is 8.42. The fourth-order valence-electron chi connectivity index (χ4n) is 5.29. The van der Waals surface area contributed by atoms with Crippen molar-refractivity contribution in [3.63, 3.8) is 0 Å². The highest BCUT2D eigenvalue weighted by molar-refractivity contribution is 7.18. The van der Waals surface area contributed by atoms with Crippen LogP contribution >= 0.6 is 11.3 Å². The smallest absolute Gasteiger partial charge is 0.262 e. The van der Waals surface area contributed by atoms with E-state index in [1.165, 1.54) is 4.88 Å². The fraction of sp³-hybridized carbons (Fsp3) is 0.233. The molecule has 184 valence electrons. The van der Waals surface area contributed by atoms with Gasteiger partial charge >= 0.3 is 0 Å². The molecule has 6 nitrogen and oxygen atoms in total. The highest BCUT2D eigenvalue weighted by atomic mass is 32.1. The van der Waals surface area contributed by atoms with Crippen LogP contribution in [0.3, 0.4) is 0 Å². The SMILES string of the molecule is COc1ccc2ccccc2c1Cn1cnc2sc3c(c2c1=O)CCC(NCc1ccc(C#N)cc1)C3. The summed E-state index contributed by atoms with van der Waals surface area (Å²) in [7, 11) is 1.67. The summed E-state index contributed by atoms with van der Waals surface area (Å²) in [5.74, 6) is 0.772. The first kappa shape index (κ1) is 23.4. The zero-order valence-corrected chi connectivity index (χ0v) is 21.3. The monoisotopic (exact) mass is 506 g/mol. The molecule has 2 heterocycles. The summed E-state index contributed by atoms with van der Waals surface area (Å²) < 4.78 is 7.37. The lowest BCUT2D eigenvalue weighted by Gasteiger charge is -2.23. The van der Waals surface area contributed by atoms with Crippen LogP contribution in [0.5, 0.6) is 5.75 Å². The van der Waals surface area contributed by atoms with E-state index in [9.17, 15) is 4.79 Å². The van der Waals surface area contributed by atoms with Crippen molar-refractivity contribution in [3.05, 3.63) is 104 Å². The van der Waals surface area contributed by atoms with Gasteiger partial charge in [-0.3, -0.25) is 9.36 Å². The van der Waals surface area contributed by atoms with Gasteiger partial charge in [-0.1, -0.05) is 42.5 Å². The van der Waals surface area contributed by atoms with E-state index in [1.54, 1.807) is 29.3 Å². The van der Waals surface area contributed by atoms with Gasteiger partial charge in [-0.05, 0) is 59.4 Å². The molecule has 7 heteroatoms. The average molecular weight is 507 g/mol. The Kier molecular flexibility index (Phi) is 6.21. The number of nitriles is 1. The second-order valence-corrected chi connectivity index (χ2v) is 10.5. The van der Waals surface area contributed by atoms with Crippen molar-refractivity contribution in [3.8, 4) is 11.8 Å². The summed E-state index contributed by atoms with van der Waals surface area (Å²) in [6.07, 6.45) is 4.40. The molecule has 5 aromatic rings. The molecular formula is C30H26N4O2S. The van der Waals surface area contributed by atoms with Crippen LogP contribution in [0.4, 0.5) is 0 Å². The van der Waals surface area contributed by atoms with E-state index in [0.29, 0.717) is 18.2 Å². The fourth-order valence-corrected chi connectivity index (χ4v) is 6.55. The number of aryl methyl sites for hydroxylation is 1. The molecule has 0 spiro atoms. The van der Waals surface area contributed by atoms with Crippen molar-refractivity contribution in [1.29, 1.82) is 5.26 Å². The van der Waals surface area contributed by atoms with Crippen molar-refractivity contribution in [1.82, 2.24) is 14.9 Å². The Morgan fingerprint density at radius 3 is 2.81 bits per heavy atom. The van der Waals surface area contributed by atoms with Crippen LogP contribution in [0.25, 0.3) is 21.0 Å². The molecule has 0 bridgehead atoms. The zero-order valence-electron chi connectivity index (χ0n) is 20.5. The summed E-state index contributed by atoms with van der Waals surface area (Å²) in [6.45, 7) is 1.17. The number of nitrogens with one attached hydrogen (secondary N) is 1. The number of aromatic nitrogens is 2. The highest BCUT2D eigenvalue weighted by Gasteiger charge is 2.25. The van der Waals surface area contributed by atoms with Crippen molar-refractivity contribution in [2.45, 2.75) is 38.4 Å². The molecule has 1 unspecified atom stereocenters. The summed E-state index contributed by atoms with van der Waals surface area (Å²) in [5, 5.41) is 15.6. The van der Waals surface area contributed by atoms with Gasteiger partial charge in [0.05, 0.1) is 37.0 Å². The lowest BCUT2D eigenvalue weighted by atomic mass is 9.93. The van der Waals surface area contributed by atoms with E-state index in [4.69, 9.17) is 15.0 Å². The molecule has 0 amide bonds. The minimum absolute atomic E-state index is 0.0153. The zero-order chi connectivity index (χ0) is 25.4. The maximum atomic E-state index is 13.7. The molecule has 1 N–H and O–H groups in total. The van der Waals surface area contributed by atoms with Gasteiger partial charge in [0.15, 0.2) is 0 Å². The van der Waals surface area contributed by atoms with Crippen molar-refractivity contribution in [2.24, 2.45) is 0 Å². The van der Waals surface area contributed by atoms with E-state index >= 15 is 0 Å². The molecule has 1 aliphatic carbocycles. The molecule has 0 saturated carbocycles. The van der Waals surface area contributed by atoms with Gasteiger partial charge in [-0.25, -0.2) is 4.98 Å². The van der Waals surface area contributed by atoms with E-state index in [0.717, 1.165) is 69.2 Å². The third kappa shape index (κ3) is 4.39. The highest BCUT2D eigenvalue weighted by Crippen LogP contribution is 2.34. The second kappa shape index (κ2) is 9.81. The molecule has 0 saturated heterocycles. The lowest BCUT2D eigenvalue weighted by molar-refractivity contribution is 0.409. The number of benzene rings is 3. The van der Waals surface area contributed by atoms with Gasteiger partial charge in [-0.2, -0.15) is 5.26 Å². The van der Waals surface area contributed by atoms with E-state index in [-0.39, 0.29) is 5.56 Å². The summed E-state index contributed by atoms with van der Waals surface area (Å²) >= 11 is 1.64. The van der Waals surface area contributed by atoms with Gasteiger partial charge in [0.1, 0.15) is 10.6 Å². The summed E-state index contributed by atoms with van der Waals surface area (Å²) in [5.41, 5.74) is 4.00. The number of thiophene rings is 1. The number of rotatable bonds is 6. The minimum Gasteiger partial charge on any atom is -0.496 e. The first-order chi connectivity index (χ1) is 18.1. The number of hydrogen-bond acceptors (Lipinski definition) is 6. The number of ether oxygens (including phenoxy) is 1. The standard InChI is InChI=1S/C30H26N4O2S/c1-36-26-13-10-21-4-2-3-5-23(21)25(26)17-34-18-33-29-28(30(34)35)24-12-11-22(14-27(24)37-29)32-16-20-8-6-19(15-31)7-9-20/h2-10,13,18,22,32H,11-12,14,16-17H2,1H3. The maximum Gasteiger partial charge on any atom is 0.262 e. The van der Waals surface area contributed by atoms with Gasteiger partial charge in [0, 0.05) is 23.0 Å². The normalized spacial score (nSPS) is 15.0. The largest absolute Gasteiger partial charge is 0.496 e. The molecule has 1 atom stereocenters. The molecule has 0 fully saturated rings. The van der Waals surface area contributed by atoms with E-state index < -0.39 is 0 Å². The van der Waals surface area contributed by atoms with E-state index in [1.807, 2.05) is 48.5 Å². The first-order valence-electron chi connectivity index (χ1n) is 12.4. The molecule has 2 aromatic heterocycles. The first-order valence-corrected chi connectivity index (χ1v) is 13.2. The van der Waals surface area contributed by atoms with Crippen LogP contribution < -0.4 is 15.6 Å². The Balaban J connectivity index is 1.27. The third-order valence-electron chi connectivity index (χ3n) is 7.26. The molecule has 3 aromatic carbocycles. The van der Waals surface area contributed by atoms with Crippen molar-refractivity contribution in [2.75, 3.05) is 7.11 Å². The Morgan fingerprint density at radius 2 is 2.00 bits per heavy atom. The number of methoxy groups -OCH3 is 1. The molecule has 37 heavy (non-hydrogen) atoms. The molecular weight excluding hydrogens is 480 g/mol. The summed E-state index contributed by atoms with van der Waals surface area (Å²) in [4.78, 5) is 20.5. The molecule has 0 radical (unpaired) electrons. The minimum atomic E-state index is 0.0153. The molecule has 6 rings (SSSR count). The van der Waals surface area contributed by atoms with Gasteiger partial charge in [0.25, 0.3) is 5.56 Å². The predicted octanol–water partition coefficient (Wildman–Crippen LogP) is 5.19. The van der Waals surface area contributed by atoms with Gasteiger partial charge in [-0.15, -0.1) is 11.3 Å². The van der Waals surface area contributed by atoms with Gasteiger partial charge < -0.3 is 10.1 Å². The second-order valence-electron chi connectivity index (χ2n) is 9.46. The van der Waals surface area contributed by atoms with Crippen LogP contribution in [0.2, 0.25) is 0 Å². The Labute approximate surface area is 218 Å². The van der Waals surface area contributed by atoms with Crippen molar-refractivity contribution < 1.29 is 4.74 Å². The van der Waals surface area contributed by atoms with Crippen LogP contribution in [-0.4, -0.2) is 22.7 Å². The number of hydrogen-bond donors (Lipinski definition) is 1. The van der Waals surface area contributed by atoms with Crippen LogP contribution in [0.1, 0.15) is 33.6 Å². The van der Waals surface area contributed by atoms with E-state index in [2.05, 4.69) is 23.5 Å². The number of nitrogens with zero attached hydrogens (tertiary/aromatic N) is 3. The summed E-state index contributed by atoms with van der Waals surface area (Å²) in [6, 6.07) is 22.4. The van der Waals surface area contributed by atoms with Crippen LogP contribution in [0.15, 0.2) is 71.8 Å². The maximum absolute atomic E-state index is 13.7. The average Bonchev–Trinajstić information content (AvgIpc) is 3.32. The Bertz CT molecular complexity index is 1710. The Morgan fingerprint density at radius 1 is 1.16 bits per heavy atom. The van der Waals surface area contributed by atoms with Gasteiger partial charge in [0.2, 0.25) is 0 Å². The van der Waals surface area contributed by atoms with Crippen LogP contribution in [-0.2, 0) is 25.9 Å². The lowest BCUT2D eigenvalue weighted by Crippen LogP contribution is -2.33. The predicted molar refractivity (Wildman–Crippen MR) is 147 cm³/mol. The molecule has 0 aliphatic heterocycles. The van der Waals surface area contributed by atoms with Crippen molar-refractivity contribution >= 4 is 32.3 Å². The topological polar surface area (TPSA) is 79.9 Å². The number of fused-ring (bicyclic) bond motifs is 4. The Hall–Kier alpha value is -3.99. The quantitative estimate of drug-likeness (QED) is 0.343.